The Morgan fingerprint density at radius 2 is 1.94 bits per heavy atom. The number of benzene rings is 1. The summed E-state index contributed by atoms with van der Waals surface area (Å²) in [6.07, 6.45) is 0.868. The van der Waals surface area contributed by atoms with Gasteiger partial charge in [-0.15, -0.1) is 0 Å². The van der Waals surface area contributed by atoms with Crippen molar-refractivity contribution in [1.82, 2.24) is 4.90 Å². The molecule has 0 aromatic heterocycles. The molecule has 0 saturated carbocycles. The van der Waals surface area contributed by atoms with Gasteiger partial charge in [-0.25, -0.2) is 0 Å². The van der Waals surface area contributed by atoms with Crippen LogP contribution in [0, 0.1) is 0 Å². The first kappa shape index (κ1) is 12.8. The molecule has 0 bridgehead atoms. The molecule has 0 spiro atoms. The largest absolute Gasteiger partial charge is 0.308 e. The highest BCUT2D eigenvalue weighted by molar-refractivity contribution is 6.52. The zero-order valence-corrected chi connectivity index (χ0v) is 11.1. The standard InChI is InChI=1S/C14H18N2O2/c1-4-10-5-6-12-11(9-10)13(17)14(18)16(12)8-7-15(2)3/h5-6,9H,4,7-8H2,1-3H3. The SMILES string of the molecule is CCc1ccc2c(c1)C(=O)C(=O)N2CCN(C)C. The first-order valence-electron chi connectivity index (χ1n) is 6.18. The predicted octanol–water partition coefficient (Wildman–Crippen LogP) is 1.34. The van der Waals surface area contributed by atoms with Crippen molar-refractivity contribution in [3.63, 3.8) is 0 Å². The van der Waals surface area contributed by atoms with Crippen LogP contribution in [0.3, 0.4) is 0 Å². The van der Waals surface area contributed by atoms with Crippen LogP contribution in [0.1, 0.15) is 22.8 Å². The molecular formula is C14H18N2O2. The average Bonchev–Trinajstić information content (AvgIpc) is 2.59. The Labute approximate surface area is 107 Å². The molecule has 1 aromatic rings. The summed E-state index contributed by atoms with van der Waals surface area (Å²) in [6.45, 7) is 3.33. The van der Waals surface area contributed by atoms with Gasteiger partial charge in [0, 0.05) is 13.1 Å². The number of amides is 1. The number of carbonyl (C=O) groups is 2. The maximum absolute atomic E-state index is 11.9. The molecular weight excluding hydrogens is 228 g/mol. The fraction of sp³-hybridized carbons (Fsp3) is 0.429. The van der Waals surface area contributed by atoms with E-state index >= 15 is 0 Å². The highest BCUT2D eigenvalue weighted by Gasteiger charge is 2.35. The fourth-order valence-corrected chi connectivity index (χ4v) is 2.09. The molecule has 1 aliphatic rings. The van der Waals surface area contributed by atoms with Crippen molar-refractivity contribution in [2.45, 2.75) is 13.3 Å². The Morgan fingerprint density at radius 3 is 2.56 bits per heavy atom. The minimum absolute atomic E-state index is 0.376. The van der Waals surface area contributed by atoms with Crippen LogP contribution < -0.4 is 4.90 Å². The molecule has 1 aromatic carbocycles. The van der Waals surface area contributed by atoms with Gasteiger partial charge < -0.3 is 9.80 Å². The summed E-state index contributed by atoms with van der Waals surface area (Å²) in [5.41, 5.74) is 2.39. The Balaban J connectivity index is 2.31. The lowest BCUT2D eigenvalue weighted by Gasteiger charge is -2.19. The lowest BCUT2D eigenvalue weighted by atomic mass is 10.1. The summed E-state index contributed by atoms with van der Waals surface area (Å²) in [7, 11) is 3.90. The van der Waals surface area contributed by atoms with Gasteiger partial charge in [-0.3, -0.25) is 9.59 Å². The second-order valence-electron chi connectivity index (χ2n) is 4.79. The number of ketones is 1. The highest BCUT2D eigenvalue weighted by Crippen LogP contribution is 2.29. The second kappa shape index (κ2) is 4.90. The van der Waals surface area contributed by atoms with Crippen LogP contribution in [0.2, 0.25) is 0 Å². The zero-order valence-electron chi connectivity index (χ0n) is 11.1. The van der Waals surface area contributed by atoms with E-state index in [4.69, 9.17) is 0 Å². The van der Waals surface area contributed by atoms with Crippen molar-refractivity contribution in [1.29, 1.82) is 0 Å². The Morgan fingerprint density at radius 1 is 1.22 bits per heavy atom. The number of aryl methyl sites for hydroxylation is 1. The van der Waals surface area contributed by atoms with E-state index in [0.717, 1.165) is 24.2 Å². The first-order chi connectivity index (χ1) is 8.54. The van der Waals surface area contributed by atoms with E-state index in [1.807, 2.05) is 44.1 Å². The van der Waals surface area contributed by atoms with Gasteiger partial charge >= 0.3 is 0 Å². The van der Waals surface area contributed by atoms with Crippen molar-refractivity contribution < 1.29 is 9.59 Å². The second-order valence-corrected chi connectivity index (χ2v) is 4.79. The summed E-state index contributed by atoms with van der Waals surface area (Å²) in [6, 6.07) is 5.70. The van der Waals surface area contributed by atoms with Gasteiger partial charge in [0.15, 0.2) is 0 Å². The van der Waals surface area contributed by atoms with E-state index in [-0.39, 0.29) is 5.78 Å². The van der Waals surface area contributed by atoms with Gasteiger partial charge in [0.1, 0.15) is 0 Å². The number of likely N-dealkylation sites (N-methyl/N-ethyl adjacent to an activating group) is 1. The summed E-state index contributed by atoms with van der Waals surface area (Å²) in [5, 5.41) is 0. The molecule has 0 atom stereocenters. The first-order valence-corrected chi connectivity index (χ1v) is 6.18. The lowest BCUT2D eigenvalue weighted by Crippen LogP contribution is -2.35. The van der Waals surface area contributed by atoms with E-state index in [1.54, 1.807) is 4.90 Å². The third-order valence-electron chi connectivity index (χ3n) is 3.21. The Bertz CT molecular complexity index is 495. The number of nitrogens with zero attached hydrogens (tertiary/aromatic N) is 2. The number of rotatable bonds is 4. The average molecular weight is 246 g/mol. The molecule has 0 fully saturated rings. The fourth-order valence-electron chi connectivity index (χ4n) is 2.09. The van der Waals surface area contributed by atoms with Crippen molar-refractivity contribution in [3.8, 4) is 0 Å². The Kier molecular flexibility index (Phi) is 3.48. The highest BCUT2D eigenvalue weighted by atomic mass is 16.2. The summed E-state index contributed by atoms with van der Waals surface area (Å²) < 4.78 is 0. The molecule has 4 nitrogen and oxygen atoms in total. The zero-order chi connectivity index (χ0) is 13.3. The van der Waals surface area contributed by atoms with E-state index in [0.29, 0.717) is 12.1 Å². The number of fused-ring (bicyclic) bond motifs is 1. The maximum Gasteiger partial charge on any atom is 0.299 e. The van der Waals surface area contributed by atoms with Crippen LogP contribution in [-0.4, -0.2) is 43.8 Å². The molecule has 1 aliphatic heterocycles. The monoisotopic (exact) mass is 246 g/mol. The normalized spacial score (nSPS) is 14.6. The van der Waals surface area contributed by atoms with Crippen LogP contribution in [0.4, 0.5) is 5.69 Å². The summed E-state index contributed by atoms with van der Waals surface area (Å²) in [5.74, 6) is -0.779. The van der Waals surface area contributed by atoms with Crippen molar-refractivity contribution >= 4 is 17.4 Å². The van der Waals surface area contributed by atoms with Crippen molar-refractivity contribution in [2.75, 3.05) is 32.1 Å². The molecule has 1 heterocycles. The van der Waals surface area contributed by atoms with Crippen molar-refractivity contribution in [3.05, 3.63) is 29.3 Å². The molecule has 0 radical (unpaired) electrons. The number of carbonyl (C=O) groups excluding carboxylic acids is 2. The summed E-state index contributed by atoms with van der Waals surface area (Å²) in [4.78, 5) is 27.4. The minimum Gasteiger partial charge on any atom is -0.308 e. The molecule has 4 heteroatoms. The van der Waals surface area contributed by atoms with Gasteiger partial charge in [0.05, 0.1) is 11.3 Å². The molecule has 2 rings (SSSR count). The molecule has 96 valence electrons. The molecule has 0 saturated heterocycles. The summed E-state index contributed by atoms with van der Waals surface area (Å²) >= 11 is 0. The smallest absolute Gasteiger partial charge is 0.299 e. The molecule has 18 heavy (non-hydrogen) atoms. The van der Waals surface area contributed by atoms with Gasteiger partial charge in [-0.1, -0.05) is 13.0 Å². The third-order valence-corrected chi connectivity index (χ3v) is 3.21. The van der Waals surface area contributed by atoms with Crippen LogP contribution in [0.15, 0.2) is 18.2 Å². The van der Waals surface area contributed by atoms with E-state index < -0.39 is 5.91 Å². The van der Waals surface area contributed by atoms with Crippen molar-refractivity contribution in [2.24, 2.45) is 0 Å². The van der Waals surface area contributed by atoms with E-state index in [2.05, 4.69) is 0 Å². The number of hydrogen-bond donors (Lipinski definition) is 0. The third kappa shape index (κ3) is 2.16. The van der Waals surface area contributed by atoms with Crippen LogP contribution in [0.5, 0.6) is 0 Å². The number of anilines is 1. The van der Waals surface area contributed by atoms with Crippen LogP contribution in [0.25, 0.3) is 0 Å². The predicted molar refractivity (Wildman–Crippen MR) is 71.1 cm³/mol. The molecule has 1 amide bonds. The van der Waals surface area contributed by atoms with Gasteiger partial charge in [-0.05, 0) is 38.2 Å². The maximum atomic E-state index is 11.9. The number of Topliss-reactive ketones (excluding diaryl/α,β-unsaturated/α-hetero) is 1. The van der Waals surface area contributed by atoms with Gasteiger partial charge in [-0.2, -0.15) is 0 Å². The number of hydrogen-bond acceptors (Lipinski definition) is 3. The minimum atomic E-state index is -0.403. The molecule has 0 unspecified atom stereocenters. The molecule has 0 N–H and O–H groups in total. The topological polar surface area (TPSA) is 40.6 Å². The molecule has 0 aliphatic carbocycles. The van der Waals surface area contributed by atoms with Gasteiger partial charge in [0.2, 0.25) is 0 Å². The van der Waals surface area contributed by atoms with Crippen LogP contribution >= 0.6 is 0 Å². The van der Waals surface area contributed by atoms with Crippen LogP contribution in [-0.2, 0) is 11.2 Å². The Hall–Kier alpha value is -1.68. The quantitative estimate of drug-likeness (QED) is 0.753. The van der Waals surface area contributed by atoms with E-state index in [9.17, 15) is 9.59 Å². The van der Waals surface area contributed by atoms with E-state index in [1.165, 1.54) is 0 Å². The lowest BCUT2D eigenvalue weighted by molar-refractivity contribution is -0.114. The van der Waals surface area contributed by atoms with Gasteiger partial charge in [0.25, 0.3) is 11.7 Å².